The highest BCUT2D eigenvalue weighted by molar-refractivity contribution is 5.29. The Morgan fingerprint density at radius 3 is 2.68 bits per heavy atom. The van der Waals surface area contributed by atoms with E-state index in [0.29, 0.717) is 6.54 Å². The van der Waals surface area contributed by atoms with Crippen molar-refractivity contribution in [1.82, 2.24) is 5.32 Å². The average molecular weight is 341 g/mol. The molecule has 4 heteroatoms. The highest BCUT2D eigenvalue weighted by atomic mass is 16.5. The van der Waals surface area contributed by atoms with Crippen molar-refractivity contribution >= 4 is 0 Å². The average Bonchev–Trinajstić information content (AvgIpc) is 2.63. The van der Waals surface area contributed by atoms with Gasteiger partial charge in [-0.05, 0) is 61.6 Å². The molecule has 0 amide bonds. The monoisotopic (exact) mass is 341 g/mol. The van der Waals surface area contributed by atoms with Gasteiger partial charge in [0.05, 0.1) is 7.11 Å². The summed E-state index contributed by atoms with van der Waals surface area (Å²) in [7, 11) is 1.67. The van der Waals surface area contributed by atoms with Crippen LogP contribution in [0.4, 0.5) is 0 Å². The van der Waals surface area contributed by atoms with E-state index in [1.165, 1.54) is 0 Å². The van der Waals surface area contributed by atoms with E-state index in [0.717, 1.165) is 41.9 Å². The minimum absolute atomic E-state index is 0.0368. The van der Waals surface area contributed by atoms with Crippen molar-refractivity contribution in [2.45, 2.75) is 51.0 Å². The van der Waals surface area contributed by atoms with E-state index in [4.69, 9.17) is 9.47 Å². The molecule has 1 aliphatic carbocycles. The molecule has 0 heterocycles. The Hall–Kier alpha value is -2.04. The third-order valence-electron chi connectivity index (χ3n) is 4.78. The lowest BCUT2D eigenvalue weighted by Gasteiger charge is -2.35. The fraction of sp³-hybridized carbons (Fsp3) is 0.429. The first kappa shape index (κ1) is 17.8. The Morgan fingerprint density at radius 1 is 1.08 bits per heavy atom. The first-order valence-electron chi connectivity index (χ1n) is 8.93. The van der Waals surface area contributed by atoms with Crippen LogP contribution in [0, 0.1) is 6.92 Å². The molecule has 0 saturated heterocycles. The van der Waals surface area contributed by atoms with Gasteiger partial charge in [0.2, 0.25) is 0 Å². The molecule has 3 rings (SSSR count). The number of hydrogen-bond donors (Lipinski definition) is 2. The maximum Gasteiger partial charge on any atom is 0.126 e. The van der Waals surface area contributed by atoms with Crippen molar-refractivity contribution in [1.29, 1.82) is 0 Å². The number of aryl methyl sites for hydroxylation is 1. The van der Waals surface area contributed by atoms with Gasteiger partial charge in [0.25, 0.3) is 0 Å². The predicted octanol–water partition coefficient (Wildman–Crippen LogP) is 3.45. The van der Waals surface area contributed by atoms with E-state index >= 15 is 0 Å². The van der Waals surface area contributed by atoms with Crippen LogP contribution in [-0.2, 0) is 6.54 Å². The Bertz CT molecular complexity index is 688. The molecule has 4 nitrogen and oxygen atoms in total. The second-order valence-electron chi connectivity index (χ2n) is 6.73. The zero-order valence-corrected chi connectivity index (χ0v) is 14.9. The first-order valence-corrected chi connectivity index (χ1v) is 8.93. The summed E-state index contributed by atoms with van der Waals surface area (Å²) >= 11 is 0. The number of rotatable bonds is 6. The van der Waals surface area contributed by atoms with Crippen LogP contribution >= 0.6 is 0 Å². The Labute approximate surface area is 149 Å². The number of methoxy groups -OCH3 is 1. The fourth-order valence-corrected chi connectivity index (χ4v) is 3.39. The van der Waals surface area contributed by atoms with Gasteiger partial charge in [-0.25, -0.2) is 0 Å². The van der Waals surface area contributed by atoms with Crippen molar-refractivity contribution in [3.63, 3.8) is 0 Å². The van der Waals surface area contributed by atoms with E-state index in [9.17, 15) is 5.11 Å². The van der Waals surface area contributed by atoms with Crippen LogP contribution in [-0.4, -0.2) is 30.5 Å². The van der Waals surface area contributed by atoms with Crippen LogP contribution in [0.5, 0.6) is 11.5 Å². The number of hydrogen-bond acceptors (Lipinski definition) is 4. The molecule has 0 spiro atoms. The van der Waals surface area contributed by atoms with E-state index in [-0.39, 0.29) is 12.1 Å². The molecular formula is C21H27NO3. The Morgan fingerprint density at radius 2 is 1.88 bits per heavy atom. The molecule has 2 N–H and O–H groups in total. The van der Waals surface area contributed by atoms with Gasteiger partial charge in [0.15, 0.2) is 0 Å². The number of aliphatic hydroxyl groups is 1. The minimum Gasteiger partial charge on any atom is -0.497 e. The first-order chi connectivity index (χ1) is 12.2. The Balaban J connectivity index is 1.58. The van der Waals surface area contributed by atoms with E-state index in [1.807, 2.05) is 49.4 Å². The fourth-order valence-electron chi connectivity index (χ4n) is 3.39. The molecule has 134 valence electrons. The summed E-state index contributed by atoms with van der Waals surface area (Å²) < 4.78 is 11.3. The molecule has 3 atom stereocenters. The van der Waals surface area contributed by atoms with Gasteiger partial charge >= 0.3 is 0 Å². The van der Waals surface area contributed by atoms with Gasteiger partial charge in [0.1, 0.15) is 23.7 Å². The topological polar surface area (TPSA) is 50.7 Å². The molecule has 2 aromatic carbocycles. The van der Waals surface area contributed by atoms with Crippen LogP contribution in [0.2, 0.25) is 0 Å². The smallest absolute Gasteiger partial charge is 0.126 e. The molecule has 1 saturated carbocycles. The molecular weight excluding hydrogens is 314 g/mol. The molecule has 25 heavy (non-hydrogen) atoms. The molecule has 0 aliphatic heterocycles. The standard InChI is InChI=1S/C21H27NO3/c1-15-6-3-9-18(12-15)25-20-11-5-10-19(21(20)23)22-14-16-7-4-8-17(13-16)24-2/h3-4,6-9,12-13,19-23H,5,10-11,14H2,1-2H3/t19-,20+,21+/m0/s1. The van der Waals surface area contributed by atoms with Crippen molar-refractivity contribution in [2.24, 2.45) is 0 Å². The second-order valence-corrected chi connectivity index (χ2v) is 6.73. The van der Waals surface area contributed by atoms with Crippen LogP contribution in [0.15, 0.2) is 48.5 Å². The van der Waals surface area contributed by atoms with Crippen LogP contribution in [0.3, 0.4) is 0 Å². The number of aliphatic hydroxyl groups excluding tert-OH is 1. The van der Waals surface area contributed by atoms with Gasteiger partial charge in [-0.15, -0.1) is 0 Å². The maximum atomic E-state index is 10.7. The lowest BCUT2D eigenvalue weighted by atomic mass is 9.89. The van der Waals surface area contributed by atoms with Crippen LogP contribution < -0.4 is 14.8 Å². The van der Waals surface area contributed by atoms with Crippen molar-refractivity contribution in [3.05, 3.63) is 59.7 Å². The highest BCUT2D eigenvalue weighted by Gasteiger charge is 2.33. The summed E-state index contributed by atoms with van der Waals surface area (Å²) in [6.07, 6.45) is 2.20. The number of nitrogens with one attached hydrogen (secondary N) is 1. The highest BCUT2D eigenvalue weighted by Crippen LogP contribution is 2.25. The van der Waals surface area contributed by atoms with Crippen molar-refractivity contribution in [3.8, 4) is 11.5 Å². The molecule has 0 bridgehead atoms. The normalized spacial score (nSPS) is 23.2. The lowest BCUT2D eigenvalue weighted by molar-refractivity contribution is -0.0157. The minimum atomic E-state index is -0.514. The summed E-state index contributed by atoms with van der Waals surface area (Å²) in [6.45, 7) is 2.75. The molecule has 0 aromatic heterocycles. The number of ether oxygens (including phenoxy) is 2. The van der Waals surface area contributed by atoms with E-state index in [1.54, 1.807) is 7.11 Å². The van der Waals surface area contributed by atoms with E-state index < -0.39 is 6.10 Å². The predicted molar refractivity (Wildman–Crippen MR) is 99.1 cm³/mol. The zero-order valence-electron chi connectivity index (χ0n) is 14.9. The van der Waals surface area contributed by atoms with Crippen molar-refractivity contribution in [2.75, 3.05) is 7.11 Å². The summed E-state index contributed by atoms with van der Waals surface area (Å²) in [4.78, 5) is 0. The molecule has 2 aromatic rings. The zero-order chi connectivity index (χ0) is 17.6. The van der Waals surface area contributed by atoms with Gasteiger partial charge in [0, 0.05) is 12.6 Å². The van der Waals surface area contributed by atoms with Crippen LogP contribution in [0.1, 0.15) is 30.4 Å². The van der Waals surface area contributed by atoms with Gasteiger partial charge in [-0.3, -0.25) is 0 Å². The molecule has 0 radical (unpaired) electrons. The third-order valence-corrected chi connectivity index (χ3v) is 4.78. The third kappa shape index (κ3) is 4.74. The summed E-state index contributed by atoms with van der Waals surface area (Å²) in [5.41, 5.74) is 2.31. The maximum absolute atomic E-state index is 10.7. The quantitative estimate of drug-likeness (QED) is 0.845. The summed E-state index contributed by atoms with van der Waals surface area (Å²) in [5, 5.41) is 14.2. The van der Waals surface area contributed by atoms with E-state index in [2.05, 4.69) is 11.4 Å². The Kier molecular flexibility index (Phi) is 5.95. The van der Waals surface area contributed by atoms with Crippen LogP contribution in [0.25, 0.3) is 0 Å². The van der Waals surface area contributed by atoms with Gasteiger partial charge < -0.3 is 19.9 Å². The summed E-state index contributed by atoms with van der Waals surface area (Å²) in [5.74, 6) is 1.68. The lowest BCUT2D eigenvalue weighted by Crippen LogP contribution is -2.50. The molecule has 1 aliphatic rings. The molecule has 0 unspecified atom stereocenters. The van der Waals surface area contributed by atoms with Crippen molar-refractivity contribution < 1.29 is 14.6 Å². The summed E-state index contributed by atoms with van der Waals surface area (Å²) in [6, 6.07) is 16.0. The molecule has 1 fully saturated rings. The van der Waals surface area contributed by atoms with Gasteiger partial charge in [-0.2, -0.15) is 0 Å². The van der Waals surface area contributed by atoms with Gasteiger partial charge in [-0.1, -0.05) is 24.3 Å². The second kappa shape index (κ2) is 8.37. The SMILES string of the molecule is COc1cccc(CN[C@H]2CCC[C@@H](Oc3cccc(C)c3)[C@@H]2O)c1. The largest absolute Gasteiger partial charge is 0.497 e. The number of benzene rings is 2.